The molecule has 15 nitrogen and oxygen atoms in total. The molecule has 0 saturated heterocycles. The van der Waals surface area contributed by atoms with Crippen molar-refractivity contribution in [1.82, 2.24) is 29.9 Å². The van der Waals surface area contributed by atoms with Crippen molar-refractivity contribution in [2.24, 2.45) is 0 Å². The molecule has 0 aliphatic rings. The molecule has 362 valence electrons. The molecule has 4 aromatic heterocycles. The number of fused-ring (bicyclic) bond motifs is 2. The number of hydrogen-bond donors (Lipinski definition) is 4. The zero-order chi connectivity index (χ0) is 50.0. The van der Waals surface area contributed by atoms with Crippen LogP contribution in [0, 0.1) is 0 Å². The predicted molar refractivity (Wildman–Crippen MR) is 271 cm³/mol. The summed E-state index contributed by atoms with van der Waals surface area (Å²) in [6.07, 6.45) is 9.04. The number of alkyl halides is 3. The predicted octanol–water partition coefficient (Wildman–Crippen LogP) is 10.0. The van der Waals surface area contributed by atoms with E-state index in [2.05, 4.69) is 46.2 Å². The first-order valence-corrected chi connectivity index (χ1v) is 22.5. The van der Waals surface area contributed by atoms with E-state index in [0.717, 1.165) is 51.3 Å². The van der Waals surface area contributed by atoms with Gasteiger partial charge in [0.1, 0.15) is 29.7 Å². The lowest BCUT2D eigenvalue weighted by Crippen LogP contribution is -2.29. The van der Waals surface area contributed by atoms with Gasteiger partial charge in [0.05, 0.1) is 5.52 Å². The van der Waals surface area contributed by atoms with Crippen LogP contribution in [0.25, 0.3) is 55.2 Å². The summed E-state index contributed by atoms with van der Waals surface area (Å²) in [7, 11) is -7.31. The van der Waals surface area contributed by atoms with Crippen LogP contribution in [0.1, 0.15) is 7.43 Å². The molecule has 0 bridgehead atoms. The van der Waals surface area contributed by atoms with E-state index in [1.54, 1.807) is 67.0 Å². The number of hydrogen-bond acceptors (Lipinski definition) is 15. The lowest BCUT2D eigenvalue weighted by Gasteiger charge is -2.13. The molecule has 0 radical (unpaired) electrons. The van der Waals surface area contributed by atoms with Crippen molar-refractivity contribution in [3.8, 4) is 62.4 Å². The number of para-hydroxylation sites is 2. The molecule has 4 heterocycles. The molecular weight excluding hydrogens is 948 g/mol. The molecule has 0 atom stereocenters. The van der Waals surface area contributed by atoms with Gasteiger partial charge in [0, 0.05) is 75.8 Å². The lowest BCUT2D eigenvalue weighted by molar-refractivity contribution is -0.0499. The number of ether oxygens (including phenoxy) is 2. The van der Waals surface area contributed by atoms with Crippen molar-refractivity contribution in [2.75, 3.05) is 11.5 Å². The van der Waals surface area contributed by atoms with Gasteiger partial charge in [-0.1, -0.05) is 68.1 Å². The molecule has 10 rings (SSSR count). The van der Waals surface area contributed by atoms with Gasteiger partial charge in [-0.15, -0.1) is 0 Å². The maximum Gasteiger partial charge on any atom is 0.534 e. The summed E-state index contributed by atoms with van der Waals surface area (Å²) in [4.78, 5) is 25.0. The first-order chi connectivity index (χ1) is 34.2. The Bertz CT molecular complexity index is 3530. The summed E-state index contributed by atoms with van der Waals surface area (Å²) in [6.45, 7) is 0. The highest BCUT2D eigenvalue weighted by Crippen LogP contribution is 2.36. The van der Waals surface area contributed by atoms with Crippen LogP contribution < -0.4 is 30.6 Å². The summed E-state index contributed by atoms with van der Waals surface area (Å²) in [5, 5.41) is 18.5. The van der Waals surface area contributed by atoms with Crippen LogP contribution in [0.5, 0.6) is 29.0 Å². The molecule has 0 spiro atoms. The summed E-state index contributed by atoms with van der Waals surface area (Å²) in [6, 6.07) is 46.8. The van der Waals surface area contributed by atoms with Gasteiger partial charge < -0.3 is 35.2 Å². The smallest absolute Gasteiger partial charge is 0.439 e. The number of rotatable bonds is 10. The van der Waals surface area contributed by atoms with Crippen molar-refractivity contribution in [2.45, 2.75) is 12.9 Å². The van der Waals surface area contributed by atoms with Crippen LogP contribution in [0.2, 0.25) is 0 Å². The van der Waals surface area contributed by atoms with Gasteiger partial charge in [-0.2, -0.15) is 21.6 Å². The van der Waals surface area contributed by atoms with Gasteiger partial charge in [0.25, 0.3) is 0 Å². The standard InChI is InChI=1S/C25H18N4O.C20H12F3N3O4S.C6H8BNO2.CH4/c26-21-6-4-5-17(12-21)23-13-19(11-20-14-27-16-29-25(20)23)18-9-10-24(28-15-18)30-22-7-2-1-3-8-22;21-20(22,23)31(27,28)30-17-9-14(8-15-10-24-12-26-19(15)17)13-6-7-18(25-11-13)29-16-4-2-1-3-5-16;8-6-3-1-2-5(4-6)7(9)10;/h1-16H,26H2;1-12H;1-4,9-10H,8H2;1H4. The monoisotopic (exact) mass is 990 g/mol. The Balaban J connectivity index is 0.000000176. The normalized spacial score (nSPS) is 11.0. The molecule has 6 aromatic carbocycles. The Morgan fingerprint density at radius 2 is 1.03 bits per heavy atom. The lowest BCUT2D eigenvalue weighted by atomic mass is 9.80. The molecule has 0 amide bonds. The van der Waals surface area contributed by atoms with E-state index in [0.29, 0.717) is 45.5 Å². The first-order valence-electron chi connectivity index (χ1n) is 21.1. The quantitative estimate of drug-likeness (QED) is 0.0432. The third-order valence-corrected chi connectivity index (χ3v) is 11.1. The van der Waals surface area contributed by atoms with Gasteiger partial charge in [0.15, 0.2) is 5.75 Å². The molecule has 0 saturated carbocycles. The van der Waals surface area contributed by atoms with Crippen LogP contribution in [-0.4, -0.2) is 61.0 Å². The Morgan fingerprint density at radius 1 is 0.514 bits per heavy atom. The second-order valence-electron chi connectivity index (χ2n) is 15.2. The molecule has 0 aliphatic heterocycles. The number of aromatic nitrogens is 6. The Morgan fingerprint density at radius 3 is 1.51 bits per heavy atom. The Kier molecular flexibility index (Phi) is 16.0. The number of pyridine rings is 2. The summed E-state index contributed by atoms with van der Waals surface area (Å²) in [5.41, 5.74) is 13.1. The van der Waals surface area contributed by atoms with Crippen molar-refractivity contribution < 1.29 is 45.3 Å². The molecule has 0 aliphatic carbocycles. The maximum atomic E-state index is 12.8. The topological polar surface area (TPSA) is 232 Å². The molecule has 72 heavy (non-hydrogen) atoms. The minimum absolute atomic E-state index is 0. The van der Waals surface area contributed by atoms with Crippen LogP contribution in [0.3, 0.4) is 0 Å². The highest BCUT2D eigenvalue weighted by atomic mass is 32.2. The first kappa shape index (κ1) is 50.9. The van der Waals surface area contributed by atoms with E-state index in [1.807, 2.05) is 85.2 Å². The fraction of sp³-hybridized carbons (Fsp3) is 0.0385. The molecule has 0 fully saturated rings. The average Bonchev–Trinajstić information content (AvgIpc) is 3.37. The van der Waals surface area contributed by atoms with E-state index >= 15 is 0 Å². The fourth-order valence-electron chi connectivity index (χ4n) is 6.82. The minimum atomic E-state index is -5.88. The van der Waals surface area contributed by atoms with Crippen LogP contribution in [0.15, 0.2) is 195 Å². The van der Waals surface area contributed by atoms with Crippen molar-refractivity contribution in [3.05, 3.63) is 195 Å². The molecule has 0 unspecified atom stereocenters. The number of benzene rings is 6. The fourth-order valence-corrected chi connectivity index (χ4v) is 7.28. The minimum Gasteiger partial charge on any atom is -0.439 e. The summed E-state index contributed by atoms with van der Waals surface area (Å²) in [5.74, 6) is 1.61. The second-order valence-corrected chi connectivity index (χ2v) is 16.7. The van der Waals surface area contributed by atoms with Crippen molar-refractivity contribution in [1.29, 1.82) is 0 Å². The third-order valence-electron chi connectivity index (χ3n) is 10.1. The average molecular weight is 991 g/mol. The van der Waals surface area contributed by atoms with Gasteiger partial charge in [-0.25, -0.2) is 29.9 Å². The van der Waals surface area contributed by atoms with Gasteiger partial charge >= 0.3 is 22.7 Å². The van der Waals surface area contributed by atoms with Crippen LogP contribution >= 0.6 is 0 Å². The van der Waals surface area contributed by atoms with E-state index < -0.39 is 28.5 Å². The number of nitrogens with two attached hydrogens (primary N) is 2. The zero-order valence-electron chi connectivity index (χ0n) is 36.9. The summed E-state index contributed by atoms with van der Waals surface area (Å²) >= 11 is 0. The van der Waals surface area contributed by atoms with E-state index in [4.69, 9.17) is 31.0 Å². The molecule has 10 aromatic rings. The van der Waals surface area contributed by atoms with Crippen molar-refractivity contribution >= 4 is 55.9 Å². The zero-order valence-corrected chi connectivity index (χ0v) is 37.7. The number of nitrogen functional groups attached to an aromatic ring is 2. The highest BCUT2D eigenvalue weighted by Gasteiger charge is 2.49. The number of nitrogens with zero attached hydrogens (tertiary/aromatic N) is 6. The Labute approximate surface area is 411 Å². The highest BCUT2D eigenvalue weighted by molar-refractivity contribution is 7.88. The summed E-state index contributed by atoms with van der Waals surface area (Å²) < 4.78 is 77.2. The largest absolute Gasteiger partial charge is 0.534 e. The molecule has 20 heteroatoms. The van der Waals surface area contributed by atoms with Gasteiger partial charge in [-0.05, 0) is 107 Å². The second kappa shape index (κ2) is 22.6. The number of halogens is 3. The SMILES string of the molecule is C.Nc1cccc(-c2cc(-c3ccc(Oc4ccccc4)nc3)cc3cncnc23)c1.Nc1cccc(B(O)O)c1.O=S(=O)(Oc1cc(-c2ccc(Oc3ccccc3)nc2)cc2cncnc12)C(F)(F)F. The molecule has 6 N–H and O–H groups in total. The van der Waals surface area contributed by atoms with Crippen LogP contribution in [-0.2, 0) is 10.1 Å². The van der Waals surface area contributed by atoms with E-state index in [1.165, 1.54) is 18.5 Å². The van der Waals surface area contributed by atoms with Gasteiger partial charge in [-0.3, -0.25) is 0 Å². The van der Waals surface area contributed by atoms with E-state index in [9.17, 15) is 21.6 Å². The van der Waals surface area contributed by atoms with Crippen LogP contribution in [0.4, 0.5) is 24.5 Å². The van der Waals surface area contributed by atoms with E-state index in [-0.39, 0.29) is 18.3 Å². The number of anilines is 2. The molecular formula is C52H42BF3N8O7S. The Hall–Kier alpha value is -8.98. The maximum absolute atomic E-state index is 12.8. The van der Waals surface area contributed by atoms with Crippen molar-refractivity contribution in [3.63, 3.8) is 0 Å². The van der Waals surface area contributed by atoms with Gasteiger partial charge in [0.2, 0.25) is 11.8 Å². The third kappa shape index (κ3) is 12.8.